The summed E-state index contributed by atoms with van der Waals surface area (Å²) in [6.45, 7) is 0. The average molecular weight is 404 g/mol. The lowest BCUT2D eigenvalue weighted by Crippen LogP contribution is -2.11. The zero-order valence-corrected chi connectivity index (χ0v) is 16.7. The number of aromatic nitrogens is 3. The summed E-state index contributed by atoms with van der Waals surface area (Å²) in [5.74, 6) is 0.0847. The standard InChI is InChI=1S/C26H20N4O/c31-24-15-22-14-20-9-8-18(28-20)12-17-6-7-19(27-17)13-21-10-11-23(29-21)25(26(24)30-22)16-4-2-1-3-5-16/h1-14,27-30H,15H2. The average Bonchev–Trinajstić information content (AvgIpc) is 3.55. The van der Waals surface area contributed by atoms with Gasteiger partial charge in [0.15, 0.2) is 5.78 Å². The third-order valence-electron chi connectivity index (χ3n) is 5.62. The van der Waals surface area contributed by atoms with Crippen LogP contribution in [-0.2, 0) is 4.79 Å². The van der Waals surface area contributed by atoms with Crippen LogP contribution in [0, 0.1) is 0 Å². The Bertz CT molecular complexity index is 1490. The summed E-state index contributed by atoms with van der Waals surface area (Å²) in [6.07, 6.45) is 6.49. The Labute approximate surface area is 178 Å². The number of ketones is 1. The summed E-state index contributed by atoms with van der Waals surface area (Å²) in [7, 11) is 0. The van der Waals surface area contributed by atoms with Gasteiger partial charge in [-0.1, -0.05) is 30.3 Å². The smallest absolute Gasteiger partial charge is 0.185 e. The van der Waals surface area contributed by atoms with Crippen LogP contribution in [-0.4, -0.2) is 20.7 Å². The first-order valence-corrected chi connectivity index (χ1v) is 10.3. The molecule has 2 aliphatic rings. The first-order chi connectivity index (χ1) is 15.2. The minimum atomic E-state index is 0.0847. The zero-order chi connectivity index (χ0) is 20.8. The number of nitrogens with one attached hydrogen (secondary N) is 4. The van der Waals surface area contributed by atoms with E-state index < -0.39 is 0 Å². The first kappa shape index (κ1) is 17.6. The van der Waals surface area contributed by atoms with E-state index in [0.29, 0.717) is 12.1 Å². The van der Waals surface area contributed by atoms with Crippen molar-refractivity contribution in [3.05, 3.63) is 117 Å². The number of Topliss-reactive ketones (excluding diaryl/α,β-unsaturated/α-hetero) is 1. The van der Waals surface area contributed by atoms with Crippen molar-refractivity contribution in [1.29, 1.82) is 0 Å². The van der Waals surface area contributed by atoms with Gasteiger partial charge in [0.1, 0.15) is 0 Å². The lowest BCUT2D eigenvalue weighted by Gasteiger charge is -2.11. The van der Waals surface area contributed by atoms with E-state index in [-0.39, 0.29) is 5.78 Å². The number of benzene rings is 1. The molecule has 4 N–H and O–H groups in total. The molecule has 0 atom stereocenters. The molecule has 1 saturated heterocycles. The van der Waals surface area contributed by atoms with Crippen LogP contribution in [0.15, 0.2) is 78.1 Å². The molecule has 1 aromatic carbocycles. The summed E-state index contributed by atoms with van der Waals surface area (Å²) in [6, 6.07) is 22.3. The Kier molecular flexibility index (Phi) is 3.93. The summed E-state index contributed by atoms with van der Waals surface area (Å²) >= 11 is 0. The fraction of sp³-hybridized carbons (Fsp3) is 0.0385. The molecule has 0 unspecified atom stereocenters. The highest BCUT2D eigenvalue weighted by atomic mass is 16.1. The molecule has 5 nitrogen and oxygen atoms in total. The molecule has 8 bridgehead atoms. The second-order valence-electron chi connectivity index (χ2n) is 7.86. The topological polar surface area (TPSA) is 76.5 Å². The molecular weight excluding hydrogens is 384 g/mol. The fourth-order valence-electron chi connectivity index (χ4n) is 4.22. The minimum absolute atomic E-state index is 0.0847. The predicted molar refractivity (Wildman–Crippen MR) is 122 cm³/mol. The number of carbonyl (C=O) groups excluding carboxylic acids is 1. The number of aromatic amines is 3. The van der Waals surface area contributed by atoms with Gasteiger partial charge in [-0.3, -0.25) is 4.79 Å². The molecule has 6 rings (SSSR count). The molecule has 0 aliphatic carbocycles. The molecule has 1 fully saturated rings. The second-order valence-corrected chi connectivity index (χ2v) is 7.86. The molecular formula is C26H20N4O. The third-order valence-corrected chi connectivity index (χ3v) is 5.62. The largest absolute Gasteiger partial charge is 0.355 e. The van der Waals surface area contributed by atoms with Crippen LogP contribution in [0.25, 0.3) is 23.8 Å². The van der Waals surface area contributed by atoms with Gasteiger partial charge in [0.05, 0.1) is 12.1 Å². The summed E-state index contributed by atoms with van der Waals surface area (Å²) < 4.78 is 0. The molecule has 5 heteroatoms. The number of H-pyrrole nitrogens is 3. The second kappa shape index (κ2) is 6.92. The van der Waals surface area contributed by atoms with Crippen molar-refractivity contribution < 1.29 is 4.79 Å². The molecule has 0 radical (unpaired) electrons. The van der Waals surface area contributed by atoms with Crippen molar-refractivity contribution in [2.75, 3.05) is 0 Å². The first-order valence-electron chi connectivity index (χ1n) is 10.3. The van der Waals surface area contributed by atoms with Crippen LogP contribution < -0.4 is 16.0 Å². The maximum Gasteiger partial charge on any atom is 0.185 e. The maximum atomic E-state index is 13.0. The van der Waals surface area contributed by atoms with Gasteiger partial charge >= 0.3 is 0 Å². The van der Waals surface area contributed by atoms with Gasteiger partial charge in [0, 0.05) is 44.7 Å². The molecule has 4 aromatic rings. The van der Waals surface area contributed by atoms with E-state index in [2.05, 4.69) is 44.6 Å². The van der Waals surface area contributed by atoms with E-state index >= 15 is 0 Å². The van der Waals surface area contributed by atoms with E-state index in [1.807, 2.05) is 60.7 Å². The highest BCUT2D eigenvalue weighted by Crippen LogP contribution is 2.31. The molecule has 2 aliphatic heterocycles. The molecule has 31 heavy (non-hydrogen) atoms. The van der Waals surface area contributed by atoms with Crippen molar-refractivity contribution in [1.82, 2.24) is 20.3 Å². The molecule has 150 valence electrons. The van der Waals surface area contributed by atoms with Crippen LogP contribution in [0.3, 0.4) is 0 Å². The monoisotopic (exact) mass is 404 g/mol. The highest BCUT2D eigenvalue weighted by molar-refractivity contribution is 6.09. The van der Waals surface area contributed by atoms with Gasteiger partial charge < -0.3 is 20.3 Å². The SMILES string of the molecule is O=C1CC2=Cc3ccc([nH]3)C=c3ccc([nH]3)=Cc3ccc([nH]3)C(c3ccccc3)=C1N2. The van der Waals surface area contributed by atoms with Crippen LogP contribution in [0.4, 0.5) is 0 Å². The minimum Gasteiger partial charge on any atom is -0.355 e. The van der Waals surface area contributed by atoms with Crippen molar-refractivity contribution in [2.24, 2.45) is 0 Å². The molecule has 3 aromatic heterocycles. The molecule has 5 heterocycles. The fourth-order valence-corrected chi connectivity index (χ4v) is 4.22. The van der Waals surface area contributed by atoms with Gasteiger partial charge in [0.25, 0.3) is 0 Å². The quantitative estimate of drug-likeness (QED) is 0.394. The van der Waals surface area contributed by atoms with Crippen molar-refractivity contribution in [3.63, 3.8) is 0 Å². The van der Waals surface area contributed by atoms with E-state index in [9.17, 15) is 4.79 Å². The third kappa shape index (κ3) is 3.26. The molecule has 0 spiro atoms. The zero-order valence-electron chi connectivity index (χ0n) is 16.7. The van der Waals surface area contributed by atoms with Gasteiger partial charge in [-0.2, -0.15) is 0 Å². The van der Waals surface area contributed by atoms with Crippen LogP contribution in [0.2, 0.25) is 0 Å². The van der Waals surface area contributed by atoms with Crippen LogP contribution in [0.1, 0.15) is 34.8 Å². The number of hydrogen-bond donors (Lipinski definition) is 4. The number of rotatable bonds is 1. The Hall–Kier alpha value is -4.25. The predicted octanol–water partition coefficient (Wildman–Crippen LogP) is 3.00. The highest BCUT2D eigenvalue weighted by Gasteiger charge is 2.27. The Balaban J connectivity index is 1.62. The Morgan fingerprint density at radius 1 is 0.645 bits per heavy atom. The van der Waals surface area contributed by atoms with Crippen molar-refractivity contribution in [3.8, 4) is 0 Å². The van der Waals surface area contributed by atoms with Gasteiger partial charge in [-0.15, -0.1) is 0 Å². The van der Waals surface area contributed by atoms with E-state index in [1.165, 1.54) is 0 Å². The Morgan fingerprint density at radius 3 is 2.10 bits per heavy atom. The van der Waals surface area contributed by atoms with Crippen molar-refractivity contribution >= 4 is 29.6 Å². The lowest BCUT2D eigenvalue weighted by atomic mass is 9.99. The normalized spacial score (nSPS) is 15.2. The maximum absolute atomic E-state index is 13.0. The van der Waals surface area contributed by atoms with E-state index in [4.69, 9.17) is 0 Å². The van der Waals surface area contributed by atoms with Crippen LogP contribution >= 0.6 is 0 Å². The number of allylic oxidation sites excluding steroid dienone is 2. The van der Waals surface area contributed by atoms with Crippen LogP contribution in [0.5, 0.6) is 0 Å². The van der Waals surface area contributed by atoms with E-state index in [1.54, 1.807) is 0 Å². The van der Waals surface area contributed by atoms with Crippen molar-refractivity contribution in [2.45, 2.75) is 6.42 Å². The van der Waals surface area contributed by atoms with Gasteiger partial charge in [-0.25, -0.2) is 0 Å². The van der Waals surface area contributed by atoms with E-state index in [0.717, 1.165) is 50.3 Å². The summed E-state index contributed by atoms with van der Waals surface area (Å²) in [5.41, 5.74) is 7.21. The van der Waals surface area contributed by atoms with Gasteiger partial charge in [0.2, 0.25) is 0 Å². The van der Waals surface area contributed by atoms with Gasteiger partial charge in [-0.05, 0) is 60.2 Å². The number of fused-ring (bicyclic) bond motifs is 8. The number of carbonyl (C=O) groups is 1. The Morgan fingerprint density at radius 2 is 1.32 bits per heavy atom. The summed E-state index contributed by atoms with van der Waals surface area (Å²) in [4.78, 5) is 23.4. The lowest BCUT2D eigenvalue weighted by molar-refractivity contribution is -0.114. The molecule has 0 saturated carbocycles. The number of hydrogen-bond acceptors (Lipinski definition) is 2. The molecule has 0 amide bonds. The summed E-state index contributed by atoms with van der Waals surface area (Å²) in [5, 5.41) is 5.42.